The second-order valence-corrected chi connectivity index (χ2v) is 9.19. The molecule has 8 heteroatoms. The maximum Gasteiger partial charge on any atom is 0.336 e. The molecular weight excluding hydrogens is 384 g/mol. The molecule has 0 bridgehead atoms. The molecule has 1 spiro atoms. The lowest BCUT2D eigenvalue weighted by molar-refractivity contribution is -0.139. The molecule has 0 radical (unpaired) electrons. The normalized spacial score (nSPS) is 23.4. The van der Waals surface area contributed by atoms with E-state index in [0.29, 0.717) is 17.9 Å². The number of nitrogens with two attached hydrogens (primary N) is 1. The van der Waals surface area contributed by atoms with Crippen LogP contribution in [0.2, 0.25) is 0 Å². The van der Waals surface area contributed by atoms with Gasteiger partial charge in [-0.2, -0.15) is 0 Å². The van der Waals surface area contributed by atoms with Crippen molar-refractivity contribution in [2.75, 3.05) is 32.0 Å². The Hall–Kier alpha value is -2.45. The average molecular weight is 415 g/mol. The van der Waals surface area contributed by atoms with E-state index in [2.05, 4.69) is 9.88 Å². The topological polar surface area (TPSA) is 109 Å². The molecule has 1 amide bonds. The van der Waals surface area contributed by atoms with Gasteiger partial charge in [0.1, 0.15) is 12.4 Å². The quantitative estimate of drug-likeness (QED) is 0.721. The number of aliphatic hydroxyl groups excluding tert-OH is 1. The summed E-state index contributed by atoms with van der Waals surface area (Å²) in [5, 5.41) is 11.0. The van der Waals surface area contributed by atoms with Crippen LogP contribution in [0, 0.1) is 5.41 Å². The van der Waals surface area contributed by atoms with Crippen molar-refractivity contribution in [2.24, 2.45) is 5.41 Å². The van der Waals surface area contributed by atoms with Crippen LogP contribution < -0.4 is 5.73 Å². The Balaban J connectivity index is 1.45. The number of pyridine rings is 1. The second kappa shape index (κ2) is 7.35. The molecule has 0 aliphatic carbocycles. The zero-order chi connectivity index (χ0) is 21.7. The fourth-order valence-electron chi connectivity index (χ4n) is 4.96. The number of ether oxygens (including phenoxy) is 1. The van der Waals surface area contributed by atoms with Gasteiger partial charge < -0.3 is 20.5 Å². The highest BCUT2D eigenvalue weighted by Gasteiger charge is 2.51. The van der Waals surface area contributed by atoms with Gasteiger partial charge in [0.15, 0.2) is 0 Å². The van der Waals surface area contributed by atoms with Gasteiger partial charge in [0.2, 0.25) is 5.91 Å². The van der Waals surface area contributed by atoms with Crippen LogP contribution in [-0.4, -0.2) is 63.5 Å². The highest BCUT2D eigenvalue weighted by molar-refractivity contribution is 5.94. The molecule has 2 saturated heterocycles. The molecule has 0 aromatic carbocycles. The monoisotopic (exact) mass is 414 g/mol. The fourth-order valence-corrected chi connectivity index (χ4v) is 4.96. The lowest BCUT2D eigenvalue weighted by Crippen LogP contribution is -2.54. The van der Waals surface area contributed by atoms with Crippen molar-refractivity contribution in [1.29, 1.82) is 0 Å². The number of rotatable bonds is 4. The highest BCUT2D eigenvalue weighted by atomic mass is 16.5. The van der Waals surface area contributed by atoms with Crippen LogP contribution in [-0.2, 0) is 14.3 Å². The van der Waals surface area contributed by atoms with Crippen molar-refractivity contribution >= 4 is 17.7 Å². The first kappa shape index (κ1) is 20.8. The van der Waals surface area contributed by atoms with Crippen LogP contribution in [0.5, 0.6) is 0 Å². The van der Waals surface area contributed by atoms with Gasteiger partial charge in [-0.1, -0.05) is 6.07 Å². The van der Waals surface area contributed by atoms with Gasteiger partial charge in [0.05, 0.1) is 22.8 Å². The third-order valence-electron chi connectivity index (χ3n) is 7.25. The second-order valence-electron chi connectivity index (χ2n) is 9.19. The molecule has 3 aliphatic rings. The largest absolute Gasteiger partial charge is 0.456 e. The average Bonchev–Trinajstić information content (AvgIpc) is 3.22. The molecule has 1 aromatic rings. The van der Waals surface area contributed by atoms with E-state index in [9.17, 15) is 14.7 Å². The van der Waals surface area contributed by atoms with Gasteiger partial charge in [-0.15, -0.1) is 0 Å². The van der Waals surface area contributed by atoms with E-state index in [-0.39, 0.29) is 23.9 Å². The first-order valence-corrected chi connectivity index (χ1v) is 10.5. The molecule has 8 nitrogen and oxygen atoms in total. The summed E-state index contributed by atoms with van der Waals surface area (Å²) in [6.07, 6.45) is 3.16. The van der Waals surface area contributed by atoms with Crippen molar-refractivity contribution in [2.45, 2.75) is 51.7 Å². The first-order chi connectivity index (χ1) is 14.2. The SMILES string of the molecule is CC1=C(N2CCC3(CCN(C(C)(C)C(O)c4ccc(N)nc4)CC3)C2=O)COC1=O. The molecular formula is C22H30N4O4. The van der Waals surface area contributed by atoms with Gasteiger partial charge in [0, 0.05) is 23.8 Å². The number of amides is 1. The number of nitrogen functional groups attached to an aromatic ring is 1. The Labute approximate surface area is 176 Å². The van der Waals surface area contributed by atoms with E-state index in [4.69, 9.17) is 10.5 Å². The Morgan fingerprint density at radius 1 is 1.20 bits per heavy atom. The zero-order valence-corrected chi connectivity index (χ0v) is 17.9. The van der Waals surface area contributed by atoms with E-state index in [0.717, 1.165) is 43.6 Å². The summed E-state index contributed by atoms with van der Waals surface area (Å²) in [4.78, 5) is 33.1. The van der Waals surface area contributed by atoms with Crippen LogP contribution in [0.25, 0.3) is 0 Å². The van der Waals surface area contributed by atoms with Gasteiger partial charge >= 0.3 is 5.97 Å². The fraction of sp³-hybridized carbons (Fsp3) is 0.591. The highest BCUT2D eigenvalue weighted by Crippen LogP contribution is 2.45. The number of aromatic nitrogens is 1. The van der Waals surface area contributed by atoms with E-state index in [1.807, 2.05) is 13.8 Å². The molecule has 30 heavy (non-hydrogen) atoms. The zero-order valence-electron chi connectivity index (χ0n) is 17.9. The van der Waals surface area contributed by atoms with Crippen LogP contribution in [0.1, 0.15) is 51.7 Å². The maximum atomic E-state index is 13.3. The smallest absolute Gasteiger partial charge is 0.336 e. The third-order valence-corrected chi connectivity index (χ3v) is 7.25. The van der Waals surface area contributed by atoms with Gasteiger partial charge in [-0.05, 0) is 59.2 Å². The number of carbonyl (C=O) groups is 2. The summed E-state index contributed by atoms with van der Waals surface area (Å²) in [5.74, 6) is 0.199. The standard InChI is InChI=1S/C22H30N4O4/c1-14-16(13-30-19(14)28)26-11-8-22(20(26)29)6-9-25(10-7-22)21(2,3)18(27)15-4-5-17(23)24-12-15/h4-5,12,18,27H,6-11,13H2,1-3H3,(H2,23,24). The Morgan fingerprint density at radius 3 is 2.43 bits per heavy atom. The number of hydrogen-bond donors (Lipinski definition) is 2. The minimum atomic E-state index is -0.718. The molecule has 162 valence electrons. The number of anilines is 1. The Bertz CT molecular complexity index is 885. The summed E-state index contributed by atoms with van der Waals surface area (Å²) >= 11 is 0. The summed E-state index contributed by atoms with van der Waals surface area (Å²) in [5.41, 5.74) is 6.75. The molecule has 0 saturated carbocycles. The van der Waals surface area contributed by atoms with E-state index >= 15 is 0 Å². The Kier molecular flexibility index (Phi) is 5.10. The summed E-state index contributed by atoms with van der Waals surface area (Å²) in [6, 6.07) is 3.50. The number of esters is 1. The molecule has 1 unspecified atom stereocenters. The van der Waals surface area contributed by atoms with Crippen molar-refractivity contribution in [3.63, 3.8) is 0 Å². The number of piperidine rings is 1. The summed E-state index contributed by atoms with van der Waals surface area (Å²) < 4.78 is 5.10. The van der Waals surface area contributed by atoms with Crippen LogP contribution in [0.4, 0.5) is 5.82 Å². The predicted octanol–water partition coefficient (Wildman–Crippen LogP) is 1.62. The van der Waals surface area contributed by atoms with Gasteiger partial charge in [0.25, 0.3) is 0 Å². The summed E-state index contributed by atoms with van der Waals surface area (Å²) in [6.45, 7) is 8.02. The minimum Gasteiger partial charge on any atom is -0.456 e. The lowest BCUT2D eigenvalue weighted by atomic mass is 9.75. The van der Waals surface area contributed by atoms with Gasteiger partial charge in [-0.3, -0.25) is 9.69 Å². The van der Waals surface area contributed by atoms with Crippen molar-refractivity contribution in [1.82, 2.24) is 14.8 Å². The van der Waals surface area contributed by atoms with E-state index < -0.39 is 11.6 Å². The molecule has 1 atom stereocenters. The van der Waals surface area contributed by atoms with Crippen LogP contribution in [0.15, 0.2) is 29.6 Å². The Morgan fingerprint density at radius 2 is 1.87 bits per heavy atom. The van der Waals surface area contributed by atoms with Crippen molar-refractivity contribution in [3.8, 4) is 0 Å². The van der Waals surface area contributed by atoms with Crippen LogP contribution in [0.3, 0.4) is 0 Å². The number of carbonyl (C=O) groups excluding carboxylic acids is 2. The maximum absolute atomic E-state index is 13.3. The summed E-state index contributed by atoms with van der Waals surface area (Å²) in [7, 11) is 0. The van der Waals surface area contributed by atoms with Crippen molar-refractivity contribution in [3.05, 3.63) is 35.2 Å². The number of likely N-dealkylation sites (tertiary alicyclic amines) is 2. The van der Waals surface area contributed by atoms with E-state index in [1.54, 1.807) is 30.2 Å². The molecule has 4 rings (SSSR count). The molecule has 1 aromatic heterocycles. The third kappa shape index (κ3) is 3.28. The predicted molar refractivity (Wildman–Crippen MR) is 111 cm³/mol. The number of aliphatic hydroxyl groups is 1. The number of cyclic esters (lactones) is 1. The first-order valence-electron chi connectivity index (χ1n) is 10.5. The van der Waals surface area contributed by atoms with Crippen molar-refractivity contribution < 1.29 is 19.4 Å². The molecule has 2 fully saturated rings. The molecule has 3 N–H and O–H groups in total. The molecule has 3 aliphatic heterocycles. The minimum absolute atomic E-state index is 0.107. The lowest BCUT2D eigenvalue weighted by Gasteiger charge is -2.47. The van der Waals surface area contributed by atoms with Gasteiger partial charge in [-0.25, -0.2) is 9.78 Å². The number of nitrogens with zero attached hydrogens (tertiary/aromatic N) is 3. The number of hydrogen-bond acceptors (Lipinski definition) is 7. The van der Waals surface area contributed by atoms with Crippen LogP contribution >= 0.6 is 0 Å². The van der Waals surface area contributed by atoms with E-state index in [1.165, 1.54) is 0 Å². The molecule has 4 heterocycles.